The summed E-state index contributed by atoms with van der Waals surface area (Å²) in [5, 5.41) is 10.5. The quantitative estimate of drug-likeness (QED) is 0.483. The first-order valence-electron chi connectivity index (χ1n) is 10.9. The van der Waals surface area contributed by atoms with Gasteiger partial charge in [0.1, 0.15) is 5.82 Å². The van der Waals surface area contributed by atoms with Gasteiger partial charge in [0.05, 0.1) is 22.8 Å². The second-order valence-corrected chi connectivity index (χ2v) is 8.05. The number of rotatable bonds is 3. The highest BCUT2D eigenvalue weighted by Gasteiger charge is 2.24. The highest BCUT2D eigenvalue weighted by Crippen LogP contribution is 2.31. The Kier molecular flexibility index (Phi) is 5.48. The molecule has 0 spiro atoms. The van der Waals surface area contributed by atoms with E-state index in [1.165, 1.54) is 0 Å². The molecule has 0 fully saturated rings. The molecule has 0 radical (unpaired) electrons. The maximum absolute atomic E-state index is 13.3. The summed E-state index contributed by atoms with van der Waals surface area (Å²) < 4.78 is 1.75. The highest BCUT2D eigenvalue weighted by molar-refractivity contribution is 6.03. The van der Waals surface area contributed by atoms with Crippen LogP contribution in [-0.4, -0.2) is 38.9 Å². The number of aryl methyl sites for hydroxylation is 2. The van der Waals surface area contributed by atoms with Gasteiger partial charge in [-0.3, -0.25) is 14.9 Å². The molecule has 33 heavy (non-hydrogen) atoms. The predicted octanol–water partition coefficient (Wildman–Crippen LogP) is 4.71. The summed E-state index contributed by atoms with van der Waals surface area (Å²) in [6.07, 6.45) is 2.53. The van der Waals surface area contributed by atoms with Crippen LogP contribution in [-0.2, 0) is 7.05 Å². The fourth-order valence-corrected chi connectivity index (χ4v) is 3.97. The molecule has 0 atom stereocenters. The van der Waals surface area contributed by atoms with E-state index in [4.69, 9.17) is 4.98 Å². The number of benzene rings is 1. The molecule has 8 nitrogen and oxygen atoms in total. The summed E-state index contributed by atoms with van der Waals surface area (Å²) in [4.78, 5) is 24.5. The van der Waals surface area contributed by atoms with Gasteiger partial charge >= 0.3 is 6.03 Å². The summed E-state index contributed by atoms with van der Waals surface area (Å²) in [6.45, 7) is 3.38. The average molecular weight is 440 g/mol. The van der Waals surface area contributed by atoms with Crippen molar-refractivity contribution in [3.05, 3.63) is 72.4 Å². The lowest BCUT2D eigenvalue weighted by molar-refractivity contribution is 0.256. The van der Waals surface area contributed by atoms with Gasteiger partial charge in [0.15, 0.2) is 5.82 Å². The minimum atomic E-state index is -0.261. The van der Waals surface area contributed by atoms with Crippen LogP contribution in [0.5, 0.6) is 0 Å². The van der Waals surface area contributed by atoms with Gasteiger partial charge in [0, 0.05) is 31.9 Å². The van der Waals surface area contributed by atoms with Gasteiger partial charge in [-0.25, -0.2) is 14.8 Å². The van der Waals surface area contributed by atoms with E-state index in [-0.39, 0.29) is 6.03 Å². The number of pyridine rings is 2. The molecule has 1 aliphatic rings. The molecular formula is C25H25N7O. The number of nitrogens with one attached hydrogen (secondary N) is 2. The third-order valence-corrected chi connectivity index (χ3v) is 5.63. The molecule has 5 rings (SSSR count). The molecule has 1 aliphatic heterocycles. The average Bonchev–Trinajstić information content (AvgIpc) is 3.13. The number of hydrogen-bond donors (Lipinski definition) is 2. The van der Waals surface area contributed by atoms with Crippen molar-refractivity contribution < 1.29 is 4.79 Å². The standard InChI is InChI=1S/C25H25N7O/c1-17-6-3-7-18(16-17)19-10-11-21-24(29-19)32(15-5-13-26-21)25(33)30-23-9-4-8-20(28-23)22-12-14-27-31(22)2/h3-4,6-12,14,16,26H,5,13,15H2,1-2H3,(H,28,30,33). The molecule has 166 valence electrons. The molecule has 3 aromatic heterocycles. The Morgan fingerprint density at radius 1 is 1.03 bits per heavy atom. The number of carbonyl (C=O) groups is 1. The number of hydrogen-bond acceptors (Lipinski definition) is 5. The summed E-state index contributed by atoms with van der Waals surface area (Å²) in [5.74, 6) is 1.10. The Morgan fingerprint density at radius 2 is 1.91 bits per heavy atom. The largest absolute Gasteiger partial charge is 0.382 e. The number of amides is 2. The molecule has 4 heterocycles. The maximum atomic E-state index is 13.3. The Balaban J connectivity index is 1.45. The third-order valence-electron chi connectivity index (χ3n) is 5.63. The molecule has 0 saturated carbocycles. The second-order valence-electron chi connectivity index (χ2n) is 8.05. The number of anilines is 3. The molecule has 0 bridgehead atoms. The van der Waals surface area contributed by atoms with Crippen LogP contribution in [0, 0.1) is 6.92 Å². The van der Waals surface area contributed by atoms with Crippen LogP contribution in [0.4, 0.5) is 22.1 Å². The lowest BCUT2D eigenvalue weighted by Crippen LogP contribution is -2.36. The minimum absolute atomic E-state index is 0.261. The van der Waals surface area contributed by atoms with E-state index in [1.807, 2.05) is 49.5 Å². The van der Waals surface area contributed by atoms with Crippen molar-refractivity contribution in [3.63, 3.8) is 0 Å². The molecular weight excluding hydrogens is 414 g/mol. The van der Waals surface area contributed by atoms with Gasteiger partial charge in [0.2, 0.25) is 0 Å². The fourth-order valence-electron chi connectivity index (χ4n) is 3.97. The zero-order valence-corrected chi connectivity index (χ0v) is 18.6. The molecule has 4 aromatic rings. The Labute approximate surface area is 192 Å². The van der Waals surface area contributed by atoms with Crippen LogP contribution >= 0.6 is 0 Å². The summed E-state index contributed by atoms with van der Waals surface area (Å²) in [6, 6.07) is 19.4. The number of urea groups is 1. The van der Waals surface area contributed by atoms with Crippen LogP contribution in [0.25, 0.3) is 22.6 Å². The SMILES string of the molecule is Cc1cccc(-c2ccc3c(n2)N(C(=O)Nc2cccc(-c4ccnn4C)n2)CCCN3)c1. The first-order valence-corrected chi connectivity index (χ1v) is 10.9. The smallest absolute Gasteiger partial charge is 0.328 e. The first-order chi connectivity index (χ1) is 16.1. The van der Waals surface area contributed by atoms with Crippen molar-refractivity contribution in [1.29, 1.82) is 0 Å². The zero-order chi connectivity index (χ0) is 22.8. The third kappa shape index (κ3) is 4.27. The van der Waals surface area contributed by atoms with Gasteiger partial charge < -0.3 is 5.32 Å². The van der Waals surface area contributed by atoms with Gasteiger partial charge in [-0.2, -0.15) is 5.10 Å². The Hall–Kier alpha value is -4.20. The van der Waals surface area contributed by atoms with E-state index in [0.717, 1.165) is 46.9 Å². The van der Waals surface area contributed by atoms with Gasteiger partial charge in [0.25, 0.3) is 0 Å². The molecule has 0 unspecified atom stereocenters. The molecule has 8 heteroatoms. The number of nitrogens with zero attached hydrogens (tertiary/aromatic N) is 5. The topological polar surface area (TPSA) is 88.0 Å². The van der Waals surface area contributed by atoms with E-state index < -0.39 is 0 Å². The molecule has 2 amide bonds. The summed E-state index contributed by atoms with van der Waals surface area (Å²) >= 11 is 0. The number of fused-ring (bicyclic) bond motifs is 1. The van der Waals surface area contributed by atoms with Crippen LogP contribution in [0.1, 0.15) is 12.0 Å². The van der Waals surface area contributed by atoms with E-state index in [2.05, 4.69) is 39.8 Å². The van der Waals surface area contributed by atoms with Crippen LogP contribution < -0.4 is 15.5 Å². The van der Waals surface area contributed by atoms with Crippen molar-refractivity contribution in [2.45, 2.75) is 13.3 Å². The van der Waals surface area contributed by atoms with E-state index in [0.29, 0.717) is 18.2 Å². The molecule has 1 aromatic carbocycles. The molecule has 0 saturated heterocycles. The fraction of sp³-hybridized carbons (Fsp3) is 0.200. The molecule has 0 aliphatic carbocycles. The Bertz CT molecular complexity index is 1310. The van der Waals surface area contributed by atoms with Crippen LogP contribution in [0.3, 0.4) is 0 Å². The van der Waals surface area contributed by atoms with Gasteiger partial charge in [-0.05, 0) is 49.7 Å². The number of carbonyl (C=O) groups excluding carboxylic acids is 1. The monoisotopic (exact) mass is 439 g/mol. The Morgan fingerprint density at radius 3 is 2.73 bits per heavy atom. The lowest BCUT2D eigenvalue weighted by atomic mass is 10.1. The van der Waals surface area contributed by atoms with Gasteiger partial charge in [-0.15, -0.1) is 0 Å². The second kappa shape index (κ2) is 8.74. The van der Waals surface area contributed by atoms with Gasteiger partial charge in [-0.1, -0.05) is 29.8 Å². The maximum Gasteiger partial charge on any atom is 0.328 e. The van der Waals surface area contributed by atoms with Crippen molar-refractivity contribution in [1.82, 2.24) is 19.7 Å². The summed E-state index contributed by atoms with van der Waals surface area (Å²) in [7, 11) is 1.86. The van der Waals surface area contributed by atoms with Crippen LogP contribution in [0.2, 0.25) is 0 Å². The van der Waals surface area contributed by atoms with Crippen LogP contribution in [0.15, 0.2) is 66.9 Å². The van der Waals surface area contributed by atoms with Crippen molar-refractivity contribution in [2.75, 3.05) is 28.6 Å². The zero-order valence-electron chi connectivity index (χ0n) is 18.6. The van der Waals surface area contributed by atoms with Crippen molar-refractivity contribution in [2.24, 2.45) is 7.05 Å². The van der Waals surface area contributed by atoms with Crippen molar-refractivity contribution >= 4 is 23.4 Å². The minimum Gasteiger partial charge on any atom is -0.382 e. The van der Waals surface area contributed by atoms with E-state index in [1.54, 1.807) is 21.8 Å². The van der Waals surface area contributed by atoms with E-state index >= 15 is 0 Å². The predicted molar refractivity (Wildman–Crippen MR) is 130 cm³/mol. The lowest BCUT2D eigenvalue weighted by Gasteiger charge is -2.22. The highest BCUT2D eigenvalue weighted by atomic mass is 16.2. The number of aromatic nitrogens is 4. The van der Waals surface area contributed by atoms with E-state index in [9.17, 15) is 4.79 Å². The normalized spacial score (nSPS) is 13.1. The first kappa shape index (κ1) is 20.7. The summed E-state index contributed by atoms with van der Waals surface area (Å²) in [5.41, 5.74) is 5.47. The van der Waals surface area contributed by atoms with Crippen molar-refractivity contribution in [3.8, 4) is 22.6 Å². The molecule has 2 N–H and O–H groups in total.